The maximum atomic E-state index is 3.92. The summed E-state index contributed by atoms with van der Waals surface area (Å²) in [4.78, 5) is 2.94. The normalized spacial score (nSPS) is 28.9. The maximum Gasteiger partial charge on any atom is 0.0337 e. The lowest BCUT2D eigenvalue weighted by atomic mass is 9.76. The van der Waals surface area contributed by atoms with E-state index in [0.717, 1.165) is 12.0 Å². The van der Waals surface area contributed by atoms with E-state index in [2.05, 4.69) is 37.9 Å². The molecule has 2 heteroatoms. The van der Waals surface area contributed by atoms with Crippen LogP contribution in [0.25, 0.3) is 0 Å². The zero-order chi connectivity index (χ0) is 14.6. The molecule has 1 aliphatic heterocycles. The van der Waals surface area contributed by atoms with Gasteiger partial charge in [0, 0.05) is 30.7 Å². The highest BCUT2D eigenvalue weighted by Gasteiger charge is 2.44. The molecule has 2 atom stereocenters. The van der Waals surface area contributed by atoms with Crippen molar-refractivity contribution in [1.29, 1.82) is 0 Å². The quantitative estimate of drug-likeness (QED) is 0.812. The molecule has 2 nitrogen and oxygen atoms in total. The number of piperazine rings is 1. The summed E-state index contributed by atoms with van der Waals surface area (Å²) in [5, 5.41) is 3.92. The number of rotatable bonds is 5. The second-order valence-corrected chi connectivity index (χ2v) is 7.28. The van der Waals surface area contributed by atoms with E-state index >= 15 is 0 Å². The van der Waals surface area contributed by atoms with Crippen LogP contribution < -0.4 is 5.32 Å². The topological polar surface area (TPSA) is 15.3 Å². The molecule has 1 spiro atoms. The van der Waals surface area contributed by atoms with Gasteiger partial charge in [0.2, 0.25) is 0 Å². The van der Waals surface area contributed by atoms with Gasteiger partial charge in [0.15, 0.2) is 0 Å². The van der Waals surface area contributed by atoms with Crippen molar-refractivity contribution in [1.82, 2.24) is 10.2 Å². The molecule has 2 rings (SSSR count). The van der Waals surface area contributed by atoms with E-state index in [1.54, 1.807) is 0 Å². The monoisotopic (exact) mass is 280 g/mol. The fourth-order valence-corrected chi connectivity index (χ4v) is 4.50. The lowest BCUT2D eigenvalue weighted by Gasteiger charge is -2.55. The first-order chi connectivity index (χ1) is 9.66. The van der Waals surface area contributed by atoms with Gasteiger partial charge in [0.25, 0.3) is 0 Å². The molecule has 0 amide bonds. The van der Waals surface area contributed by atoms with E-state index in [1.165, 1.54) is 64.5 Å². The molecule has 1 N–H and O–H groups in total. The van der Waals surface area contributed by atoms with Crippen LogP contribution in [0.3, 0.4) is 0 Å². The molecule has 2 aliphatic rings. The van der Waals surface area contributed by atoms with Gasteiger partial charge in [0.1, 0.15) is 0 Å². The van der Waals surface area contributed by atoms with Gasteiger partial charge in [-0.1, -0.05) is 53.4 Å². The maximum absolute atomic E-state index is 3.92. The third kappa shape index (κ3) is 3.22. The fraction of sp³-hybridized carbons (Fsp3) is 1.00. The van der Waals surface area contributed by atoms with Gasteiger partial charge in [-0.05, 0) is 31.6 Å². The highest BCUT2D eigenvalue weighted by Crippen LogP contribution is 2.38. The lowest BCUT2D eigenvalue weighted by molar-refractivity contribution is -0.0328. The van der Waals surface area contributed by atoms with Crippen LogP contribution in [0.2, 0.25) is 0 Å². The third-order valence-electron chi connectivity index (χ3n) is 6.19. The smallest absolute Gasteiger partial charge is 0.0337 e. The van der Waals surface area contributed by atoms with E-state index in [-0.39, 0.29) is 0 Å². The minimum atomic E-state index is 0.485. The summed E-state index contributed by atoms with van der Waals surface area (Å²) in [5.41, 5.74) is 0.485. The van der Waals surface area contributed by atoms with Crippen molar-refractivity contribution in [2.45, 2.75) is 96.7 Å². The zero-order valence-electron chi connectivity index (χ0n) is 14.3. The Kier molecular flexibility index (Phi) is 5.92. The van der Waals surface area contributed by atoms with Crippen LogP contribution in [0.1, 0.15) is 79.1 Å². The molecule has 0 bridgehead atoms. The SMILES string of the molecule is CCC(C)C1CN(C(CC)CC)C2(CCCCC2)CN1. The Balaban J connectivity index is 2.15. The summed E-state index contributed by atoms with van der Waals surface area (Å²) < 4.78 is 0. The van der Waals surface area contributed by atoms with E-state index in [9.17, 15) is 0 Å². The molecule has 1 aliphatic carbocycles. The van der Waals surface area contributed by atoms with Crippen LogP contribution in [0.4, 0.5) is 0 Å². The zero-order valence-corrected chi connectivity index (χ0v) is 14.3. The number of nitrogens with one attached hydrogen (secondary N) is 1. The second-order valence-electron chi connectivity index (χ2n) is 7.28. The lowest BCUT2D eigenvalue weighted by Crippen LogP contribution is -2.68. The molecule has 0 aromatic carbocycles. The molecule has 20 heavy (non-hydrogen) atoms. The molecule has 0 aromatic heterocycles. The third-order valence-corrected chi connectivity index (χ3v) is 6.19. The predicted octanol–water partition coefficient (Wildman–Crippen LogP) is 4.20. The van der Waals surface area contributed by atoms with Gasteiger partial charge in [-0.2, -0.15) is 0 Å². The highest BCUT2D eigenvalue weighted by molar-refractivity contribution is 5.03. The van der Waals surface area contributed by atoms with Crippen LogP contribution in [0, 0.1) is 5.92 Å². The van der Waals surface area contributed by atoms with Crippen molar-refractivity contribution in [2.75, 3.05) is 13.1 Å². The van der Waals surface area contributed by atoms with Gasteiger partial charge in [-0.3, -0.25) is 4.90 Å². The Morgan fingerprint density at radius 1 is 1.05 bits per heavy atom. The Hall–Kier alpha value is -0.0800. The number of hydrogen-bond donors (Lipinski definition) is 1. The van der Waals surface area contributed by atoms with Crippen LogP contribution in [-0.4, -0.2) is 35.6 Å². The van der Waals surface area contributed by atoms with Crippen LogP contribution >= 0.6 is 0 Å². The Morgan fingerprint density at radius 2 is 1.70 bits per heavy atom. The summed E-state index contributed by atoms with van der Waals surface area (Å²) >= 11 is 0. The molecule has 2 unspecified atom stereocenters. The van der Waals surface area contributed by atoms with E-state index in [1.807, 2.05) is 0 Å². The Labute approximate surface area is 126 Å². The minimum absolute atomic E-state index is 0.485. The molecule has 0 aromatic rings. The molecule has 118 valence electrons. The summed E-state index contributed by atoms with van der Waals surface area (Å²) in [6, 6.07) is 1.50. The summed E-state index contributed by atoms with van der Waals surface area (Å²) in [7, 11) is 0. The minimum Gasteiger partial charge on any atom is -0.311 e. The van der Waals surface area contributed by atoms with Crippen molar-refractivity contribution in [3.63, 3.8) is 0 Å². The Bertz CT molecular complexity index is 279. The van der Waals surface area contributed by atoms with Gasteiger partial charge in [-0.25, -0.2) is 0 Å². The second kappa shape index (κ2) is 7.26. The molecule has 0 radical (unpaired) electrons. The number of nitrogens with zero attached hydrogens (tertiary/aromatic N) is 1. The van der Waals surface area contributed by atoms with E-state index in [0.29, 0.717) is 11.6 Å². The van der Waals surface area contributed by atoms with Crippen molar-refractivity contribution in [3.8, 4) is 0 Å². The van der Waals surface area contributed by atoms with Crippen LogP contribution in [0.15, 0.2) is 0 Å². The summed E-state index contributed by atoms with van der Waals surface area (Å²) in [6.07, 6.45) is 11.1. The van der Waals surface area contributed by atoms with Gasteiger partial charge < -0.3 is 5.32 Å². The van der Waals surface area contributed by atoms with Crippen LogP contribution in [0.5, 0.6) is 0 Å². The average Bonchev–Trinajstić information content (AvgIpc) is 2.50. The summed E-state index contributed by atoms with van der Waals surface area (Å²) in [5.74, 6) is 0.799. The molecule has 2 fully saturated rings. The average molecular weight is 280 g/mol. The van der Waals surface area contributed by atoms with Gasteiger partial charge >= 0.3 is 0 Å². The first-order valence-electron chi connectivity index (χ1n) is 9.17. The first kappa shape index (κ1) is 16.3. The van der Waals surface area contributed by atoms with Crippen molar-refractivity contribution >= 4 is 0 Å². The molecule has 1 heterocycles. The summed E-state index contributed by atoms with van der Waals surface area (Å²) in [6.45, 7) is 12.0. The molecule has 1 saturated heterocycles. The number of hydrogen-bond acceptors (Lipinski definition) is 2. The molecular weight excluding hydrogens is 244 g/mol. The van der Waals surface area contributed by atoms with Crippen LogP contribution in [-0.2, 0) is 0 Å². The highest BCUT2D eigenvalue weighted by atomic mass is 15.3. The largest absolute Gasteiger partial charge is 0.311 e. The van der Waals surface area contributed by atoms with E-state index in [4.69, 9.17) is 0 Å². The Morgan fingerprint density at radius 3 is 2.25 bits per heavy atom. The van der Waals surface area contributed by atoms with Crippen molar-refractivity contribution < 1.29 is 0 Å². The van der Waals surface area contributed by atoms with E-state index < -0.39 is 0 Å². The van der Waals surface area contributed by atoms with Crippen molar-refractivity contribution in [3.05, 3.63) is 0 Å². The molecule has 1 saturated carbocycles. The van der Waals surface area contributed by atoms with Gasteiger partial charge in [-0.15, -0.1) is 0 Å². The molecular formula is C18H36N2. The van der Waals surface area contributed by atoms with Crippen molar-refractivity contribution in [2.24, 2.45) is 5.92 Å². The first-order valence-corrected chi connectivity index (χ1v) is 9.17. The van der Waals surface area contributed by atoms with Gasteiger partial charge in [0.05, 0.1) is 0 Å². The standard InChI is InChI=1S/C18H36N2/c1-5-15(4)17-13-20(16(6-2)7-3)18(14-19-17)11-9-8-10-12-18/h15-17,19H,5-14H2,1-4H3. The fourth-order valence-electron chi connectivity index (χ4n) is 4.50. The predicted molar refractivity (Wildman–Crippen MR) is 88.1 cm³/mol.